The van der Waals surface area contributed by atoms with E-state index in [0.717, 1.165) is 34.2 Å². The number of ether oxygens (including phenoxy) is 1. The highest BCUT2D eigenvalue weighted by molar-refractivity contribution is 9.10. The second-order valence-electron chi connectivity index (χ2n) is 5.40. The van der Waals surface area contributed by atoms with Crippen LogP contribution in [0.5, 0.6) is 5.75 Å². The Bertz CT molecular complexity index is 464. The van der Waals surface area contributed by atoms with Crippen LogP contribution in [0.3, 0.4) is 0 Å². The first-order valence-corrected chi connectivity index (χ1v) is 6.62. The van der Waals surface area contributed by atoms with Crippen LogP contribution < -0.4 is 4.74 Å². The maximum atomic E-state index is 12.3. The van der Waals surface area contributed by atoms with E-state index >= 15 is 0 Å². The number of methoxy groups -OCH3 is 1. The summed E-state index contributed by atoms with van der Waals surface area (Å²) >= 11 is 3.54. The number of ketones is 1. The summed E-state index contributed by atoms with van der Waals surface area (Å²) in [5.74, 6) is 0.964. The third-order valence-corrected chi connectivity index (χ3v) is 4.10. The summed E-state index contributed by atoms with van der Waals surface area (Å²) in [6, 6.07) is 3.80. The number of hydrogen-bond acceptors (Lipinski definition) is 2. The fourth-order valence-corrected chi connectivity index (χ4v) is 2.95. The molecule has 0 aliphatic heterocycles. The van der Waals surface area contributed by atoms with Crippen LogP contribution in [-0.4, -0.2) is 12.9 Å². The van der Waals surface area contributed by atoms with Crippen LogP contribution >= 0.6 is 15.9 Å². The normalized spacial score (nSPS) is 18.5. The zero-order valence-corrected chi connectivity index (χ0v) is 12.1. The molecule has 0 saturated heterocycles. The predicted molar refractivity (Wildman–Crippen MR) is 71.7 cm³/mol. The fourth-order valence-electron chi connectivity index (χ4n) is 2.31. The van der Waals surface area contributed by atoms with Crippen molar-refractivity contribution in [3.05, 3.63) is 27.7 Å². The van der Waals surface area contributed by atoms with Gasteiger partial charge in [-0.25, -0.2) is 0 Å². The Morgan fingerprint density at radius 2 is 2.06 bits per heavy atom. The molecule has 1 aromatic rings. The van der Waals surface area contributed by atoms with Crippen LogP contribution in [0.1, 0.15) is 42.6 Å². The zero-order valence-electron chi connectivity index (χ0n) is 10.5. The number of hydrogen-bond donors (Lipinski definition) is 0. The summed E-state index contributed by atoms with van der Waals surface area (Å²) in [5.41, 5.74) is 2.03. The second kappa shape index (κ2) is 4.45. The smallest absolute Gasteiger partial charge is 0.163 e. The van der Waals surface area contributed by atoms with Crippen LogP contribution in [0.15, 0.2) is 16.6 Å². The highest BCUT2D eigenvalue weighted by Gasteiger charge is 2.29. The Balaban J connectivity index is 2.51. The minimum absolute atomic E-state index is 0.0861. The van der Waals surface area contributed by atoms with Crippen molar-refractivity contribution in [2.24, 2.45) is 5.41 Å². The Kier molecular flexibility index (Phi) is 3.30. The molecule has 1 aliphatic carbocycles. The maximum Gasteiger partial charge on any atom is 0.163 e. The highest BCUT2D eigenvalue weighted by Crippen LogP contribution is 2.38. The molecule has 3 heteroatoms. The molecule has 0 N–H and O–H groups in total. The Morgan fingerprint density at radius 3 is 2.71 bits per heavy atom. The standard InChI is InChI=1S/C14H17BrO2/c1-14(2)5-4-10-11(13(16)8-14)6-9(17-3)7-12(10)15/h6-7H,4-5,8H2,1-3H3. The monoisotopic (exact) mass is 296 g/mol. The number of Topliss-reactive ketones (excluding diaryl/α,β-unsaturated/α-hetero) is 1. The van der Waals surface area contributed by atoms with Gasteiger partial charge in [0.2, 0.25) is 0 Å². The van der Waals surface area contributed by atoms with Gasteiger partial charge in [0.25, 0.3) is 0 Å². The van der Waals surface area contributed by atoms with Gasteiger partial charge < -0.3 is 4.74 Å². The van der Waals surface area contributed by atoms with Gasteiger partial charge in [0.05, 0.1) is 7.11 Å². The molecule has 2 rings (SSSR count). The zero-order chi connectivity index (χ0) is 12.6. The first-order chi connectivity index (χ1) is 7.93. The largest absolute Gasteiger partial charge is 0.497 e. The molecule has 0 amide bonds. The number of carbonyl (C=O) groups excluding carboxylic acids is 1. The van der Waals surface area contributed by atoms with Crippen molar-refractivity contribution in [2.75, 3.05) is 7.11 Å². The lowest BCUT2D eigenvalue weighted by Crippen LogP contribution is -2.14. The van der Waals surface area contributed by atoms with Crippen LogP contribution in [0.2, 0.25) is 0 Å². The van der Waals surface area contributed by atoms with Gasteiger partial charge in [0, 0.05) is 16.5 Å². The van der Waals surface area contributed by atoms with E-state index in [1.165, 1.54) is 0 Å². The number of rotatable bonds is 1. The molecule has 0 radical (unpaired) electrons. The van der Waals surface area contributed by atoms with Gasteiger partial charge in [-0.05, 0) is 36.0 Å². The highest BCUT2D eigenvalue weighted by atomic mass is 79.9. The molecule has 1 aromatic carbocycles. The summed E-state index contributed by atoms with van der Waals surface area (Å²) in [5, 5.41) is 0. The number of benzene rings is 1. The van der Waals surface area contributed by atoms with Gasteiger partial charge >= 0.3 is 0 Å². The maximum absolute atomic E-state index is 12.3. The molecule has 1 aliphatic rings. The van der Waals surface area contributed by atoms with Crippen molar-refractivity contribution in [3.8, 4) is 5.75 Å². The van der Waals surface area contributed by atoms with Crippen molar-refractivity contribution in [1.82, 2.24) is 0 Å². The van der Waals surface area contributed by atoms with Gasteiger partial charge in [-0.1, -0.05) is 29.8 Å². The average Bonchev–Trinajstić information content (AvgIpc) is 2.36. The molecule has 17 heavy (non-hydrogen) atoms. The third-order valence-electron chi connectivity index (χ3n) is 3.40. The van der Waals surface area contributed by atoms with E-state index in [9.17, 15) is 4.79 Å². The van der Waals surface area contributed by atoms with Crippen LogP contribution in [0, 0.1) is 5.41 Å². The van der Waals surface area contributed by atoms with E-state index in [0.29, 0.717) is 6.42 Å². The summed E-state index contributed by atoms with van der Waals surface area (Å²) in [6.07, 6.45) is 2.59. The lowest BCUT2D eigenvalue weighted by atomic mass is 9.84. The average molecular weight is 297 g/mol. The molecule has 0 atom stereocenters. The van der Waals surface area contributed by atoms with Crippen LogP contribution in [0.25, 0.3) is 0 Å². The molecule has 0 saturated carbocycles. The predicted octanol–water partition coefficient (Wildman–Crippen LogP) is 4.00. The molecule has 92 valence electrons. The third kappa shape index (κ3) is 2.54. The molecule has 2 nitrogen and oxygen atoms in total. The second-order valence-corrected chi connectivity index (χ2v) is 6.25. The summed E-state index contributed by atoms with van der Waals surface area (Å²) in [4.78, 5) is 12.3. The molecule has 0 aromatic heterocycles. The van der Waals surface area contributed by atoms with Crippen LogP contribution in [0.4, 0.5) is 0 Å². The van der Waals surface area contributed by atoms with E-state index in [1.807, 2.05) is 12.1 Å². The molecular formula is C14H17BrO2. The van der Waals surface area contributed by atoms with Gasteiger partial charge in [0.15, 0.2) is 5.78 Å². The number of carbonyl (C=O) groups is 1. The Hall–Kier alpha value is -0.830. The lowest BCUT2D eigenvalue weighted by Gasteiger charge is -2.20. The fraction of sp³-hybridized carbons (Fsp3) is 0.500. The topological polar surface area (TPSA) is 26.3 Å². The summed E-state index contributed by atoms with van der Waals surface area (Å²) in [6.45, 7) is 4.31. The van der Waals surface area contributed by atoms with Gasteiger partial charge in [-0.3, -0.25) is 4.79 Å². The summed E-state index contributed by atoms with van der Waals surface area (Å²) in [7, 11) is 1.62. The first kappa shape index (κ1) is 12.6. The van der Waals surface area contributed by atoms with Gasteiger partial charge in [-0.15, -0.1) is 0 Å². The van der Waals surface area contributed by atoms with E-state index in [1.54, 1.807) is 7.11 Å². The Morgan fingerprint density at radius 1 is 1.35 bits per heavy atom. The minimum atomic E-state index is 0.0861. The van der Waals surface area contributed by atoms with E-state index in [4.69, 9.17) is 4.74 Å². The van der Waals surface area contributed by atoms with E-state index in [-0.39, 0.29) is 11.2 Å². The van der Waals surface area contributed by atoms with Crippen molar-refractivity contribution in [2.45, 2.75) is 33.1 Å². The van der Waals surface area contributed by atoms with Crippen molar-refractivity contribution in [3.63, 3.8) is 0 Å². The SMILES string of the molecule is COc1cc(Br)c2c(c1)C(=O)CC(C)(C)CC2. The van der Waals surface area contributed by atoms with Crippen molar-refractivity contribution >= 4 is 21.7 Å². The lowest BCUT2D eigenvalue weighted by molar-refractivity contribution is 0.0934. The van der Waals surface area contributed by atoms with Crippen LogP contribution in [-0.2, 0) is 6.42 Å². The minimum Gasteiger partial charge on any atom is -0.497 e. The quantitative estimate of drug-likeness (QED) is 0.732. The molecule has 0 fully saturated rings. The molecular weight excluding hydrogens is 280 g/mol. The molecule has 0 bridgehead atoms. The Labute approximate surface area is 110 Å². The van der Waals surface area contributed by atoms with Gasteiger partial charge in [0.1, 0.15) is 5.75 Å². The molecule has 0 unspecified atom stereocenters. The van der Waals surface area contributed by atoms with Gasteiger partial charge in [-0.2, -0.15) is 0 Å². The number of halogens is 1. The van der Waals surface area contributed by atoms with Crippen molar-refractivity contribution < 1.29 is 9.53 Å². The first-order valence-electron chi connectivity index (χ1n) is 5.82. The van der Waals surface area contributed by atoms with E-state index in [2.05, 4.69) is 29.8 Å². The van der Waals surface area contributed by atoms with Crippen molar-refractivity contribution in [1.29, 1.82) is 0 Å². The van der Waals surface area contributed by atoms with E-state index < -0.39 is 0 Å². The molecule has 0 heterocycles. The summed E-state index contributed by atoms with van der Waals surface area (Å²) < 4.78 is 6.20. The molecule has 0 spiro atoms. The number of fused-ring (bicyclic) bond motifs is 1.